The fraction of sp³-hybridized carbons (Fsp3) is 0.167. The van der Waals surface area contributed by atoms with Crippen LogP contribution in [0.3, 0.4) is 0 Å². The van der Waals surface area contributed by atoms with Crippen LogP contribution in [-0.4, -0.2) is 12.7 Å². The molecule has 1 amide bonds. The van der Waals surface area contributed by atoms with E-state index in [2.05, 4.69) is 5.32 Å². The van der Waals surface area contributed by atoms with Crippen LogP contribution in [0, 0.1) is 6.92 Å². The van der Waals surface area contributed by atoms with Gasteiger partial charge in [0.05, 0.1) is 0 Å². The minimum absolute atomic E-state index is 0.239. The lowest BCUT2D eigenvalue weighted by Crippen LogP contribution is -2.22. The molecule has 0 fully saturated rings. The molecule has 5 nitrogen and oxygen atoms in total. The van der Waals surface area contributed by atoms with Crippen molar-refractivity contribution in [1.82, 2.24) is 5.32 Å². The Morgan fingerprint density at radius 2 is 1.96 bits per heavy atom. The first-order valence-corrected chi connectivity index (χ1v) is 7.36. The number of fused-ring (bicyclic) bond motifs is 2. The average Bonchev–Trinajstić information content (AvgIpc) is 3.17. The Balaban J connectivity index is 1.48. The highest BCUT2D eigenvalue weighted by molar-refractivity contribution is 5.96. The Labute approximate surface area is 132 Å². The minimum Gasteiger partial charge on any atom is -0.454 e. The van der Waals surface area contributed by atoms with E-state index >= 15 is 0 Å². The van der Waals surface area contributed by atoms with Crippen molar-refractivity contribution in [3.05, 3.63) is 59.4 Å². The molecule has 3 aromatic rings. The lowest BCUT2D eigenvalue weighted by atomic mass is 10.2. The van der Waals surface area contributed by atoms with Gasteiger partial charge in [-0.2, -0.15) is 0 Å². The Hall–Kier alpha value is -2.95. The second-order valence-electron chi connectivity index (χ2n) is 5.52. The van der Waals surface area contributed by atoms with Gasteiger partial charge in [0.15, 0.2) is 17.3 Å². The van der Waals surface area contributed by atoms with Crippen LogP contribution < -0.4 is 14.8 Å². The molecule has 1 aliphatic rings. The largest absolute Gasteiger partial charge is 0.454 e. The zero-order chi connectivity index (χ0) is 15.8. The number of benzene rings is 2. The monoisotopic (exact) mass is 309 g/mol. The molecule has 1 aromatic heterocycles. The lowest BCUT2D eigenvalue weighted by molar-refractivity contribution is 0.0925. The van der Waals surface area contributed by atoms with E-state index < -0.39 is 0 Å². The predicted octanol–water partition coefficient (Wildman–Crippen LogP) is 3.40. The number of amides is 1. The minimum atomic E-state index is -0.239. The van der Waals surface area contributed by atoms with Crippen LogP contribution in [0.4, 0.5) is 0 Å². The van der Waals surface area contributed by atoms with Crippen molar-refractivity contribution in [2.24, 2.45) is 0 Å². The standard InChI is InChI=1S/C18H15NO4/c1-11-2-4-13-8-17(23-15(13)6-11)18(20)19-9-12-3-5-14-16(7-12)22-10-21-14/h2-8H,9-10H2,1H3,(H,19,20). The molecule has 23 heavy (non-hydrogen) atoms. The fourth-order valence-corrected chi connectivity index (χ4v) is 2.57. The number of carbonyl (C=O) groups is 1. The molecule has 0 aliphatic carbocycles. The van der Waals surface area contributed by atoms with Crippen LogP contribution in [0.1, 0.15) is 21.7 Å². The van der Waals surface area contributed by atoms with E-state index in [1.807, 2.05) is 43.3 Å². The van der Waals surface area contributed by atoms with Crippen LogP contribution in [-0.2, 0) is 6.54 Å². The van der Waals surface area contributed by atoms with Crippen molar-refractivity contribution < 1.29 is 18.7 Å². The molecule has 0 unspecified atom stereocenters. The summed E-state index contributed by atoms with van der Waals surface area (Å²) in [7, 11) is 0. The molecular weight excluding hydrogens is 294 g/mol. The second-order valence-corrected chi connectivity index (χ2v) is 5.52. The quantitative estimate of drug-likeness (QED) is 0.805. The summed E-state index contributed by atoms with van der Waals surface area (Å²) < 4.78 is 16.2. The molecule has 116 valence electrons. The fourth-order valence-electron chi connectivity index (χ4n) is 2.57. The summed E-state index contributed by atoms with van der Waals surface area (Å²) in [5.41, 5.74) is 2.76. The van der Waals surface area contributed by atoms with E-state index in [0.717, 1.165) is 27.8 Å². The SMILES string of the molecule is Cc1ccc2cc(C(=O)NCc3ccc4c(c3)OCO4)oc2c1. The zero-order valence-corrected chi connectivity index (χ0v) is 12.6. The third-order valence-electron chi connectivity index (χ3n) is 3.79. The highest BCUT2D eigenvalue weighted by Crippen LogP contribution is 2.32. The smallest absolute Gasteiger partial charge is 0.287 e. The Morgan fingerprint density at radius 1 is 1.09 bits per heavy atom. The number of furan rings is 1. The molecule has 4 rings (SSSR count). The summed E-state index contributed by atoms with van der Waals surface area (Å²) in [6, 6.07) is 13.2. The summed E-state index contributed by atoms with van der Waals surface area (Å²) in [4.78, 5) is 12.2. The average molecular weight is 309 g/mol. The maximum atomic E-state index is 12.2. The molecule has 0 spiro atoms. The Bertz CT molecular complexity index is 897. The van der Waals surface area contributed by atoms with E-state index in [1.165, 1.54) is 0 Å². The molecule has 5 heteroatoms. The maximum absolute atomic E-state index is 12.2. The third kappa shape index (κ3) is 2.61. The van der Waals surface area contributed by atoms with Crippen molar-refractivity contribution in [2.45, 2.75) is 13.5 Å². The van der Waals surface area contributed by atoms with Gasteiger partial charge >= 0.3 is 0 Å². The zero-order valence-electron chi connectivity index (χ0n) is 12.6. The lowest BCUT2D eigenvalue weighted by Gasteiger charge is -2.04. The summed E-state index contributed by atoms with van der Waals surface area (Å²) in [6.07, 6.45) is 0. The highest BCUT2D eigenvalue weighted by atomic mass is 16.7. The molecule has 2 aromatic carbocycles. The van der Waals surface area contributed by atoms with Crippen molar-refractivity contribution in [2.75, 3.05) is 6.79 Å². The predicted molar refractivity (Wildman–Crippen MR) is 84.7 cm³/mol. The van der Waals surface area contributed by atoms with Crippen LogP contribution in [0.5, 0.6) is 11.5 Å². The second kappa shape index (κ2) is 5.35. The molecule has 0 saturated heterocycles. The van der Waals surface area contributed by atoms with Gasteiger partial charge in [-0.1, -0.05) is 18.2 Å². The van der Waals surface area contributed by atoms with E-state index in [4.69, 9.17) is 13.9 Å². The Kier molecular flexibility index (Phi) is 3.19. The van der Waals surface area contributed by atoms with Crippen molar-refractivity contribution >= 4 is 16.9 Å². The van der Waals surface area contributed by atoms with Gasteiger partial charge in [-0.05, 0) is 42.3 Å². The van der Waals surface area contributed by atoms with E-state index in [-0.39, 0.29) is 12.7 Å². The van der Waals surface area contributed by atoms with Gasteiger partial charge in [0.1, 0.15) is 5.58 Å². The van der Waals surface area contributed by atoms with Crippen LogP contribution >= 0.6 is 0 Å². The first-order valence-electron chi connectivity index (χ1n) is 7.36. The molecule has 2 heterocycles. The molecular formula is C18H15NO4. The molecule has 0 atom stereocenters. The van der Waals surface area contributed by atoms with Gasteiger partial charge in [0.25, 0.3) is 5.91 Å². The molecule has 0 saturated carbocycles. The van der Waals surface area contributed by atoms with Gasteiger partial charge in [0, 0.05) is 11.9 Å². The van der Waals surface area contributed by atoms with Gasteiger partial charge in [0.2, 0.25) is 6.79 Å². The van der Waals surface area contributed by atoms with Gasteiger partial charge in [-0.15, -0.1) is 0 Å². The molecule has 0 bridgehead atoms. The Morgan fingerprint density at radius 3 is 2.87 bits per heavy atom. The van der Waals surface area contributed by atoms with Crippen LogP contribution in [0.2, 0.25) is 0 Å². The third-order valence-corrected chi connectivity index (χ3v) is 3.79. The van der Waals surface area contributed by atoms with E-state index in [9.17, 15) is 4.79 Å². The number of rotatable bonds is 3. The number of nitrogens with one attached hydrogen (secondary N) is 1. The molecule has 1 aliphatic heterocycles. The highest BCUT2D eigenvalue weighted by Gasteiger charge is 2.15. The van der Waals surface area contributed by atoms with E-state index in [1.54, 1.807) is 6.07 Å². The normalized spacial score (nSPS) is 12.6. The molecule has 1 N–H and O–H groups in total. The first kappa shape index (κ1) is 13.7. The van der Waals surface area contributed by atoms with Crippen LogP contribution in [0.15, 0.2) is 46.9 Å². The van der Waals surface area contributed by atoms with E-state index in [0.29, 0.717) is 18.1 Å². The van der Waals surface area contributed by atoms with Gasteiger partial charge < -0.3 is 19.2 Å². The number of carbonyl (C=O) groups excluding carboxylic acids is 1. The summed E-state index contributed by atoms with van der Waals surface area (Å²) in [6.45, 7) is 2.62. The summed E-state index contributed by atoms with van der Waals surface area (Å²) >= 11 is 0. The number of hydrogen-bond acceptors (Lipinski definition) is 4. The van der Waals surface area contributed by atoms with Crippen molar-refractivity contribution in [3.63, 3.8) is 0 Å². The van der Waals surface area contributed by atoms with Gasteiger partial charge in [-0.25, -0.2) is 0 Å². The number of hydrogen-bond donors (Lipinski definition) is 1. The van der Waals surface area contributed by atoms with Crippen molar-refractivity contribution in [3.8, 4) is 11.5 Å². The maximum Gasteiger partial charge on any atom is 0.287 e. The van der Waals surface area contributed by atoms with Crippen molar-refractivity contribution in [1.29, 1.82) is 0 Å². The first-order chi connectivity index (χ1) is 11.2. The number of aryl methyl sites for hydroxylation is 1. The molecule has 0 radical (unpaired) electrons. The van der Waals surface area contributed by atoms with Gasteiger partial charge in [-0.3, -0.25) is 4.79 Å². The van der Waals surface area contributed by atoms with Crippen LogP contribution in [0.25, 0.3) is 11.0 Å². The number of ether oxygens (including phenoxy) is 2. The summed E-state index contributed by atoms with van der Waals surface area (Å²) in [5.74, 6) is 1.51. The summed E-state index contributed by atoms with van der Waals surface area (Å²) in [5, 5.41) is 3.77. The topological polar surface area (TPSA) is 60.7 Å².